The molecule has 0 aromatic heterocycles. The van der Waals surface area contributed by atoms with Crippen LogP contribution in [0.2, 0.25) is 0 Å². The van der Waals surface area contributed by atoms with Crippen LogP contribution >= 0.6 is 0 Å². The zero-order valence-electron chi connectivity index (χ0n) is 11.1. The second kappa shape index (κ2) is 5.83. The van der Waals surface area contributed by atoms with Crippen molar-refractivity contribution in [2.45, 2.75) is 44.3 Å². The van der Waals surface area contributed by atoms with Gasteiger partial charge in [0.05, 0.1) is 18.3 Å². The SMILES string of the molecule is CCCC(O)(CN)CC1OCCc2ccccc21. The van der Waals surface area contributed by atoms with Crippen LogP contribution < -0.4 is 5.73 Å². The van der Waals surface area contributed by atoms with E-state index in [0.717, 1.165) is 25.9 Å². The van der Waals surface area contributed by atoms with Crippen molar-refractivity contribution in [3.8, 4) is 0 Å². The van der Waals surface area contributed by atoms with Crippen molar-refractivity contribution >= 4 is 0 Å². The van der Waals surface area contributed by atoms with Crippen LogP contribution in [-0.4, -0.2) is 23.9 Å². The van der Waals surface area contributed by atoms with E-state index in [0.29, 0.717) is 13.0 Å². The highest BCUT2D eigenvalue weighted by atomic mass is 16.5. The summed E-state index contributed by atoms with van der Waals surface area (Å²) in [6, 6.07) is 8.33. The van der Waals surface area contributed by atoms with E-state index in [4.69, 9.17) is 10.5 Å². The first-order valence-corrected chi connectivity index (χ1v) is 6.80. The van der Waals surface area contributed by atoms with Gasteiger partial charge in [-0.2, -0.15) is 0 Å². The lowest BCUT2D eigenvalue weighted by Gasteiger charge is -2.34. The fraction of sp³-hybridized carbons (Fsp3) is 0.600. The minimum Gasteiger partial charge on any atom is -0.388 e. The van der Waals surface area contributed by atoms with E-state index in [2.05, 4.69) is 25.1 Å². The zero-order valence-corrected chi connectivity index (χ0v) is 11.1. The molecule has 1 aliphatic rings. The summed E-state index contributed by atoms with van der Waals surface area (Å²) in [6.07, 6.45) is 3.19. The van der Waals surface area contributed by atoms with Gasteiger partial charge in [-0.1, -0.05) is 37.6 Å². The van der Waals surface area contributed by atoms with Gasteiger partial charge in [0.25, 0.3) is 0 Å². The molecule has 1 aromatic carbocycles. The molecule has 2 atom stereocenters. The third-order valence-corrected chi connectivity index (χ3v) is 3.75. The van der Waals surface area contributed by atoms with E-state index < -0.39 is 5.60 Å². The molecule has 100 valence electrons. The molecule has 1 heterocycles. The first-order valence-electron chi connectivity index (χ1n) is 6.80. The number of ether oxygens (including phenoxy) is 1. The normalized spacial score (nSPS) is 22.3. The number of hydrogen-bond donors (Lipinski definition) is 2. The Bertz CT molecular complexity index is 394. The predicted molar refractivity (Wildman–Crippen MR) is 72.4 cm³/mol. The molecule has 3 nitrogen and oxygen atoms in total. The Labute approximate surface area is 109 Å². The molecule has 1 aromatic rings. The van der Waals surface area contributed by atoms with Gasteiger partial charge in [-0.3, -0.25) is 0 Å². The Balaban J connectivity index is 2.15. The molecule has 0 saturated carbocycles. The molecule has 2 unspecified atom stereocenters. The highest BCUT2D eigenvalue weighted by Gasteiger charge is 2.31. The van der Waals surface area contributed by atoms with E-state index >= 15 is 0 Å². The highest BCUT2D eigenvalue weighted by Crippen LogP contribution is 2.34. The third-order valence-electron chi connectivity index (χ3n) is 3.75. The Morgan fingerprint density at radius 1 is 1.44 bits per heavy atom. The van der Waals surface area contributed by atoms with Crippen LogP contribution in [0, 0.1) is 0 Å². The van der Waals surface area contributed by atoms with Crippen molar-refractivity contribution in [3.05, 3.63) is 35.4 Å². The van der Waals surface area contributed by atoms with E-state index in [1.807, 2.05) is 6.07 Å². The number of benzene rings is 1. The van der Waals surface area contributed by atoms with Crippen molar-refractivity contribution in [2.24, 2.45) is 5.73 Å². The van der Waals surface area contributed by atoms with Crippen molar-refractivity contribution < 1.29 is 9.84 Å². The van der Waals surface area contributed by atoms with Gasteiger partial charge in [0.2, 0.25) is 0 Å². The van der Waals surface area contributed by atoms with Crippen LogP contribution in [0.4, 0.5) is 0 Å². The summed E-state index contributed by atoms with van der Waals surface area (Å²) in [5.41, 5.74) is 7.48. The molecule has 0 aliphatic carbocycles. The van der Waals surface area contributed by atoms with Gasteiger partial charge < -0.3 is 15.6 Å². The molecule has 18 heavy (non-hydrogen) atoms. The van der Waals surface area contributed by atoms with E-state index in [1.54, 1.807) is 0 Å². The molecule has 0 radical (unpaired) electrons. The molecular weight excluding hydrogens is 226 g/mol. The Morgan fingerprint density at radius 2 is 2.22 bits per heavy atom. The first kappa shape index (κ1) is 13.5. The topological polar surface area (TPSA) is 55.5 Å². The lowest BCUT2D eigenvalue weighted by Crippen LogP contribution is -2.40. The number of hydrogen-bond acceptors (Lipinski definition) is 3. The average molecular weight is 249 g/mol. The standard InChI is InChI=1S/C15H23NO2/c1-2-8-15(17,11-16)10-14-13-6-4-3-5-12(13)7-9-18-14/h3-6,14,17H,2,7-11,16H2,1H3. The Morgan fingerprint density at radius 3 is 2.94 bits per heavy atom. The summed E-state index contributed by atoms with van der Waals surface area (Å²) in [6.45, 7) is 3.09. The van der Waals surface area contributed by atoms with Crippen LogP contribution in [0.15, 0.2) is 24.3 Å². The zero-order chi connectivity index (χ0) is 13.0. The largest absolute Gasteiger partial charge is 0.388 e. The van der Waals surface area contributed by atoms with Gasteiger partial charge in [0.1, 0.15) is 0 Å². The fourth-order valence-electron chi connectivity index (χ4n) is 2.74. The Hall–Kier alpha value is -0.900. The first-order chi connectivity index (χ1) is 8.68. The van der Waals surface area contributed by atoms with Gasteiger partial charge >= 0.3 is 0 Å². The molecule has 3 N–H and O–H groups in total. The molecular formula is C15H23NO2. The van der Waals surface area contributed by atoms with E-state index in [1.165, 1.54) is 11.1 Å². The molecule has 3 heteroatoms. The summed E-state index contributed by atoms with van der Waals surface area (Å²) in [7, 11) is 0. The smallest absolute Gasteiger partial charge is 0.0855 e. The van der Waals surface area contributed by atoms with Gasteiger partial charge in [-0.15, -0.1) is 0 Å². The van der Waals surface area contributed by atoms with Crippen LogP contribution in [0.3, 0.4) is 0 Å². The van der Waals surface area contributed by atoms with Gasteiger partial charge in [0.15, 0.2) is 0 Å². The molecule has 0 bridgehead atoms. The lowest BCUT2D eigenvalue weighted by atomic mass is 9.86. The molecule has 0 spiro atoms. The van der Waals surface area contributed by atoms with Gasteiger partial charge in [-0.05, 0) is 24.0 Å². The van der Waals surface area contributed by atoms with Crippen molar-refractivity contribution in [2.75, 3.05) is 13.2 Å². The molecule has 1 aliphatic heterocycles. The minimum atomic E-state index is -0.802. The van der Waals surface area contributed by atoms with E-state index in [-0.39, 0.29) is 6.10 Å². The van der Waals surface area contributed by atoms with Crippen molar-refractivity contribution in [1.29, 1.82) is 0 Å². The lowest BCUT2D eigenvalue weighted by molar-refractivity contribution is -0.0457. The number of rotatable bonds is 5. The summed E-state index contributed by atoms with van der Waals surface area (Å²) < 4.78 is 5.83. The van der Waals surface area contributed by atoms with Crippen molar-refractivity contribution in [1.82, 2.24) is 0 Å². The van der Waals surface area contributed by atoms with Gasteiger partial charge in [-0.25, -0.2) is 0 Å². The van der Waals surface area contributed by atoms with Crippen molar-refractivity contribution in [3.63, 3.8) is 0 Å². The van der Waals surface area contributed by atoms with Gasteiger partial charge in [0, 0.05) is 13.0 Å². The maximum atomic E-state index is 10.5. The van der Waals surface area contributed by atoms with Crippen LogP contribution in [-0.2, 0) is 11.2 Å². The average Bonchev–Trinajstić information content (AvgIpc) is 2.39. The summed E-state index contributed by atoms with van der Waals surface area (Å²) in [5, 5.41) is 10.5. The molecule has 0 fully saturated rings. The molecule has 0 saturated heterocycles. The number of fused-ring (bicyclic) bond motifs is 1. The van der Waals surface area contributed by atoms with Crippen LogP contribution in [0.1, 0.15) is 43.4 Å². The third kappa shape index (κ3) is 2.91. The maximum Gasteiger partial charge on any atom is 0.0855 e. The summed E-state index contributed by atoms with van der Waals surface area (Å²) in [4.78, 5) is 0. The summed E-state index contributed by atoms with van der Waals surface area (Å²) >= 11 is 0. The van der Waals surface area contributed by atoms with Crippen LogP contribution in [0.25, 0.3) is 0 Å². The quantitative estimate of drug-likeness (QED) is 0.841. The second-order valence-electron chi connectivity index (χ2n) is 5.19. The van der Waals surface area contributed by atoms with Crippen LogP contribution in [0.5, 0.6) is 0 Å². The maximum absolute atomic E-state index is 10.5. The second-order valence-corrected chi connectivity index (χ2v) is 5.19. The monoisotopic (exact) mass is 249 g/mol. The number of nitrogens with two attached hydrogens (primary N) is 1. The molecule has 2 rings (SSSR count). The predicted octanol–water partition coefficient (Wildman–Crippen LogP) is 2.18. The Kier molecular flexibility index (Phi) is 4.38. The van der Waals surface area contributed by atoms with E-state index in [9.17, 15) is 5.11 Å². The molecule has 0 amide bonds. The summed E-state index contributed by atoms with van der Waals surface area (Å²) in [5.74, 6) is 0. The fourth-order valence-corrected chi connectivity index (χ4v) is 2.74. The highest BCUT2D eigenvalue weighted by molar-refractivity contribution is 5.31. The number of aliphatic hydroxyl groups is 1. The minimum absolute atomic E-state index is 0.0185.